The zero-order valence-corrected chi connectivity index (χ0v) is 11.2. The van der Waals surface area contributed by atoms with E-state index in [1.54, 1.807) is 12.2 Å². The molecule has 2 aliphatic heterocycles. The molecule has 1 N–H and O–H groups in total. The van der Waals surface area contributed by atoms with Crippen LogP contribution in [0.3, 0.4) is 0 Å². The molecule has 0 unspecified atom stereocenters. The molecule has 0 aromatic heterocycles. The third-order valence-electron chi connectivity index (χ3n) is 3.82. The van der Waals surface area contributed by atoms with E-state index in [-0.39, 0.29) is 5.69 Å². The number of nitrogens with one attached hydrogen (secondary N) is 1. The number of ether oxygens (including phenoxy) is 1. The number of hydrogen-bond donors (Lipinski definition) is 1. The molecular formula is C14H11N2O6-. The van der Waals surface area contributed by atoms with Crippen LogP contribution in [0.1, 0.15) is 0 Å². The van der Waals surface area contributed by atoms with Crippen molar-refractivity contribution in [3.63, 3.8) is 0 Å². The fourth-order valence-electron chi connectivity index (χ4n) is 2.79. The summed E-state index contributed by atoms with van der Waals surface area (Å²) in [5.74, 6) is -3.76. The van der Waals surface area contributed by atoms with Gasteiger partial charge in [0.2, 0.25) is 5.91 Å². The Bertz CT molecular complexity index is 668. The van der Waals surface area contributed by atoms with Gasteiger partial charge in [-0.2, -0.15) is 0 Å². The predicted octanol–water partition coefficient (Wildman–Crippen LogP) is -0.147. The van der Waals surface area contributed by atoms with E-state index in [0.717, 1.165) is 0 Å². The largest absolute Gasteiger partial charge is 0.550 e. The van der Waals surface area contributed by atoms with Crippen molar-refractivity contribution in [2.45, 2.75) is 12.2 Å². The number of hydrogen-bond acceptors (Lipinski definition) is 6. The molecule has 3 rings (SSSR count). The SMILES string of the molecule is O=C(Nc1ccc([N+](=O)[O-])cc1)[C@@H]1[C@@H](C(=O)[O-])[C@H]2C=C[C@@H]1O2. The van der Waals surface area contributed by atoms with Gasteiger partial charge in [0.1, 0.15) is 0 Å². The molecule has 1 saturated heterocycles. The molecule has 1 aromatic carbocycles. The number of benzene rings is 1. The highest BCUT2D eigenvalue weighted by molar-refractivity contribution is 5.96. The Morgan fingerprint density at radius 1 is 1.09 bits per heavy atom. The van der Waals surface area contributed by atoms with Gasteiger partial charge in [-0.3, -0.25) is 14.9 Å². The summed E-state index contributed by atoms with van der Waals surface area (Å²) in [5, 5.41) is 24.3. The molecule has 1 aromatic rings. The van der Waals surface area contributed by atoms with E-state index in [1.165, 1.54) is 24.3 Å². The Balaban J connectivity index is 1.75. The van der Waals surface area contributed by atoms with Gasteiger partial charge < -0.3 is 20.0 Å². The van der Waals surface area contributed by atoms with Crippen LogP contribution in [0.4, 0.5) is 11.4 Å². The van der Waals surface area contributed by atoms with Crippen LogP contribution in [-0.4, -0.2) is 29.0 Å². The summed E-state index contributed by atoms with van der Waals surface area (Å²) in [5.41, 5.74) is 0.247. The van der Waals surface area contributed by atoms with E-state index >= 15 is 0 Å². The maximum absolute atomic E-state index is 12.3. The average Bonchev–Trinajstić information content (AvgIpc) is 3.08. The number of non-ortho nitro benzene ring substituents is 1. The summed E-state index contributed by atoms with van der Waals surface area (Å²) in [6.45, 7) is 0. The van der Waals surface area contributed by atoms with E-state index in [2.05, 4.69) is 5.32 Å². The van der Waals surface area contributed by atoms with Crippen molar-refractivity contribution in [3.8, 4) is 0 Å². The van der Waals surface area contributed by atoms with Crippen molar-refractivity contribution >= 4 is 23.3 Å². The molecule has 8 nitrogen and oxygen atoms in total. The Morgan fingerprint density at radius 3 is 2.23 bits per heavy atom. The third-order valence-corrected chi connectivity index (χ3v) is 3.82. The molecule has 2 aliphatic rings. The molecule has 0 aliphatic carbocycles. The van der Waals surface area contributed by atoms with Crippen molar-refractivity contribution in [1.29, 1.82) is 0 Å². The molecule has 1 amide bonds. The van der Waals surface area contributed by atoms with Gasteiger partial charge in [0, 0.05) is 29.7 Å². The lowest BCUT2D eigenvalue weighted by atomic mass is 9.82. The number of fused-ring (bicyclic) bond motifs is 2. The van der Waals surface area contributed by atoms with E-state index in [9.17, 15) is 24.8 Å². The van der Waals surface area contributed by atoms with E-state index < -0.39 is 40.8 Å². The van der Waals surface area contributed by atoms with Gasteiger partial charge in [-0.15, -0.1) is 0 Å². The summed E-state index contributed by atoms with van der Waals surface area (Å²) in [4.78, 5) is 33.5. The van der Waals surface area contributed by atoms with Gasteiger partial charge in [0.05, 0.1) is 23.0 Å². The number of anilines is 1. The first-order valence-electron chi connectivity index (χ1n) is 6.57. The van der Waals surface area contributed by atoms with Gasteiger partial charge in [-0.25, -0.2) is 0 Å². The standard InChI is InChI=1S/C14H12N2O6/c17-13(15-7-1-3-8(4-2-7)16(20)21)11-9-5-6-10(22-9)12(11)14(18)19/h1-6,9-12H,(H,15,17)(H,18,19)/p-1/t9-,10+,11-,12-/m0/s1. The van der Waals surface area contributed by atoms with Crippen molar-refractivity contribution in [1.82, 2.24) is 0 Å². The number of nitro benzene ring substituents is 1. The number of aliphatic carboxylic acids is 1. The van der Waals surface area contributed by atoms with Crippen LogP contribution >= 0.6 is 0 Å². The smallest absolute Gasteiger partial charge is 0.269 e. The summed E-state index contributed by atoms with van der Waals surface area (Å²) < 4.78 is 5.39. The molecule has 22 heavy (non-hydrogen) atoms. The highest BCUT2D eigenvalue weighted by Gasteiger charge is 2.50. The van der Waals surface area contributed by atoms with Crippen LogP contribution in [0, 0.1) is 22.0 Å². The van der Waals surface area contributed by atoms with Crippen LogP contribution in [0.15, 0.2) is 36.4 Å². The highest BCUT2D eigenvalue weighted by atomic mass is 16.6. The van der Waals surface area contributed by atoms with Gasteiger partial charge in [-0.1, -0.05) is 12.2 Å². The molecule has 0 saturated carbocycles. The number of carboxylic acids is 1. The zero-order chi connectivity index (χ0) is 15.9. The van der Waals surface area contributed by atoms with E-state index in [0.29, 0.717) is 5.69 Å². The zero-order valence-electron chi connectivity index (χ0n) is 11.2. The minimum absolute atomic E-state index is 0.100. The average molecular weight is 303 g/mol. The highest BCUT2D eigenvalue weighted by Crippen LogP contribution is 2.39. The Labute approximate surface area is 124 Å². The molecule has 114 valence electrons. The molecule has 1 fully saturated rings. The lowest BCUT2D eigenvalue weighted by Crippen LogP contribution is -2.45. The molecule has 4 atom stereocenters. The van der Waals surface area contributed by atoms with Crippen LogP contribution in [0.25, 0.3) is 0 Å². The number of nitrogens with zero attached hydrogens (tertiary/aromatic N) is 1. The first-order valence-corrected chi connectivity index (χ1v) is 6.57. The van der Waals surface area contributed by atoms with Gasteiger partial charge >= 0.3 is 0 Å². The van der Waals surface area contributed by atoms with Crippen LogP contribution < -0.4 is 10.4 Å². The second kappa shape index (κ2) is 5.23. The summed E-state index contributed by atoms with van der Waals surface area (Å²) in [7, 11) is 0. The maximum atomic E-state index is 12.3. The van der Waals surface area contributed by atoms with Crippen LogP contribution in [-0.2, 0) is 14.3 Å². The summed E-state index contributed by atoms with van der Waals surface area (Å²) >= 11 is 0. The minimum atomic E-state index is -1.33. The predicted molar refractivity (Wildman–Crippen MR) is 71.5 cm³/mol. The van der Waals surface area contributed by atoms with E-state index in [4.69, 9.17) is 4.74 Å². The number of carbonyl (C=O) groups excluding carboxylic acids is 2. The number of carbonyl (C=O) groups is 2. The van der Waals surface area contributed by atoms with E-state index in [1.807, 2.05) is 0 Å². The lowest BCUT2D eigenvalue weighted by Gasteiger charge is -2.24. The topological polar surface area (TPSA) is 122 Å². The van der Waals surface area contributed by atoms with Gasteiger partial charge in [0.25, 0.3) is 5.69 Å². The quantitative estimate of drug-likeness (QED) is 0.469. The van der Waals surface area contributed by atoms with Crippen LogP contribution in [0.5, 0.6) is 0 Å². The third kappa shape index (κ3) is 2.33. The second-order valence-electron chi connectivity index (χ2n) is 5.11. The molecule has 8 heteroatoms. The number of amides is 1. The fourth-order valence-corrected chi connectivity index (χ4v) is 2.79. The number of rotatable bonds is 4. The molecular weight excluding hydrogens is 292 g/mol. The maximum Gasteiger partial charge on any atom is 0.269 e. The molecule has 2 bridgehead atoms. The van der Waals surface area contributed by atoms with Crippen molar-refractivity contribution in [2.75, 3.05) is 5.32 Å². The number of nitro groups is 1. The van der Waals surface area contributed by atoms with Gasteiger partial charge in [-0.05, 0) is 12.1 Å². The van der Waals surface area contributed by atoms with Gasteiger partial charge in [0.15, 0.2) is 0 Å². The summed E-state index contributed by atoms with van der Waals surface area (Å²) in [6, 6.07) is 5.27. The first kappa shape index (κ1) is 14.2. The first-order chi connectivity index (χ1) is 10.5. The van der Waals surface area contributed by atoms with Crippen LogP contribution in [0.2, 0.25) is 0 Å². The number of carboxylic acid groups (broad SMARTS) is 1. The van der Waals surface area contributed by atoms with Crippen molar-refractivity contribution in [2.24, 2.45) is 11.8 Å². The minimum Gasteiger partial charge on any atom is -0.550 e. The Hall–Kier alpha value is -2.74. The normalized spacial score (nSPS) is 28.5. The fraction of sp³-hybridized carbons (Fsp3) is 0.286. The molecule has 0 spiro atoms. The monoisotopic (exact) mass is 303 g/mol. The summed E-state index contributed by atoms with van der Waals surface area (Å²) in [6.07, 6.45) is 2.03. The molecule has 0 radical (unpaired) electrons. The second-order valence-corrected chi connectivity index (χ2v) is 5.11. The lowest BCUT2D eigenvalue weighted by molar-refractivity contribution is -0.384. The Morgan fingerprint density at radius 2 is 1.68 bits per heavy atom. The Kier molecular flexibility index (Phi) is 3.38. The van der Waals surface area contributed by atoms with Crippen molar-refractivity contribution < 1.29 is 24.4 Å². The van der Waals surface area contributed by atoms with Crippen molar-refractivity contribution in [3.05, 3.63) is 46.5 Å². The molecule has 2 heterocycles.